The van der Waals surface area contributed by atoms with E-state index in [0.29, 0.717) is 24.9 Å². The molecule has 9 nitrogen and oxygen atoms in total. The third kappa shape index (κ3) is 4.54. The van der Waals surface area contributed by atoms with Crippen molar-refractivity contribution in [2.24, 2.45) is 0 Å². The molecule has 2 aliphatic heterocycles. The number of benzene rings is 2. The first kappa shape index (κ1) is 19.6. The number of rotatable bonds is 5. The summed E-state index contributed by atoms with van der Waals surface area (Å²) in [4.78, 5) is 6.04. The number of morpholine rings is 1. The predicted octanol–water partition coefficient (Wildman–Crippen LogP) is 2.47. The van der Waals surface area contributed by atoms with Gasteiger partial charge < -0.3 is 29.2 Å². The highest BCUT2D eigenvalue weighted by molar-refractivity contribution is 7.80. The van der Waals surface area contributed by atoms with Crippen LogP contribution in [0.1, 0.15) is 0 Å². The fourth-order valence-electron chi connectivity index (χ4n) is 3.41. The van der Waals surface area contributed by atoms with E-state index in [2.05, 4.69) is 20.3 Å². The SMILES string of the molecule is S=C(Nc1ccc2c(c1)OCO2)N1CCOC(COc2ccc(-n3cncn3)cc2)C1. The normalized spacial score (nSPS) is 17.4. The van der Waals surface area contributed by atoms with E-state index in [1.807, 2.05) is 42.5 Å². The highest BCUT2D eigenvalue weighted by Crippen LogP contribution is 2.34. The maximum absolute atomic E-state index is 5.92. The van der Waals surface area contributed by atoms with Gasteiger partial charge in [-0.1, -0.05) is 0 Å². The van der Waals surface area contributed by atoms with E-state index in [1.165, 1.54) is 6.33 Å². The molecule has 1 aromatic heterocycles. The summed E-state index contributed by atoms with van der Waals surface area (Å²) in [6.45, 7) is 2.64. The minimum atomic E-state index is -0.0831. The summed E-state index contributed by atoms with van der Waals surface area (Å²) in [7, 11) is 0. The number of fused-ring (bicyclic) bond motifs is 1. The Balaban J connectivity index is 1.13. The van der Waals surface area contributed by atoms with Crippen LogP contribution in [0.4, 0.5) is 5.69 Å². The fraction of sp³-hybridized carbons (Fsp3) is 0.286. The Morgan fingerprint density at radius 2 is 2.03 bits per heavy atom. The second-order valence-corrected chi connectivity index (χ2v) is 7.47. The third-order valence-corrected chi connectivity index (χ3v) is 5.37. The Bertz CT molecular complexity index is 1040. The Morgan fingerprint density at radius 1 is 1.16 bits per heavy atom. The quantitative estimate of drug-likeness (QED) is 0.603. The highest BCUT2D eigenvalue weighted by Gasteiger charge is 2.23. The Kier molecular flexibility index (Phi) is 5.55. The summed E-state index contributed by atoms with van der Waals surface area (Å²) in [6.07, 6.45) is 3.07. The minimum absolute atomic E-state index is 0.0831. The minimum Gasteiger partial charge on any atom is -0.491 e. The molecule has 1 unspecified atom stereocenters. The zero-order valence-corrected chi connectivity index (χ0v) is 17.5. The van der Waals surface area contributed by atoms with Crippen LogP contribution in [0, 0.1) is 0 Å². The summed E-state index contributed by atoms with van der Waals surface area (Å²) in [5.41, 5.74) is 1.78. The van der Waals surface area contributed by atoms with Gasteiger partial charge in [0.15, 0.2) is 16.6 Å². The van der Waals surface area contributed by atoms with E-state index in [9.17, 15) is 0 Å². The summed E-state index contributed by atoms with van der Waals surface area (Å²) < 4.78 is 24.2. The second kappa shape index (κ2) is 8.78. The van der Waals surface area contributed by atoms with E-state index in [4.69, 9.17) is 31.2 Å². The van der Waals surface area contributed by atoms with E-state index in [0.717, 1.165) is 35.2 Å². The van der Waals surface area contributed by atoms with Crippen molar-refractivity contribution in [2.45, 2.75) is 6.10 Å². The Hall–Kier alpha value is -3.37. The maximum atomic E-state index is 5.92. The van der Waals surface area contributed by atoms with Crippen molar-refractivity contribution in [3.8, 4) is 22.9 Å². The van der Waals surface area contributed by atoms with Crippen molar-refractivity contribution < 1.29 is 18.9 Å². The first-order chi connectivity index (χ1) is 15.2. The van der Waals surface area contributed by atoms with E-state index >= 15 is 0 Å². The van der Waals surface area contributed by atoms with E-state index in [1.54, 1.807) is 11.0 Å². The van der Waals surface area contributed by atoms with Gasteiger partial charge in [-0.05, 0) is 48.6 Å². The van der Waals surface area contributed by atoms with Gasteiger partial charge in [-0.3, -0.25) is 0 Å². The molecule has 1 N–H and O–H groups in total. The molecule has 31 heavy (non-hydrogen) atoms. The molecule has 0 amide bonds. The monoisotopic (exact) mass is 439 g/mol. The zero-order chi connectivity index (χ0) is 21.0. The van der Waals surface area contributed by atoms with Crippen LogP contribution >= 0.6 is 12.2 Å². The van der Waals surface area contributed by atoms with Crippen LogP contribution in [0.15, 0.2) is 55.1 Å². The number of nitrogens with one attached hydrogen (secondary N) is 1. The zero-order valence-electron chi connectivity index (χ0n) is 16.6. The predicted molar refractivity (Wildman–Crippen MR) is 117 cm³/mol. The van der Waals surface area contributed by atoms with Crippen molar-refractivity contribution in [3.05, 3.63) is 55.1 Å². The molecule has 3 aromatic rings. The van der Waals surface area contributed by atoms with Crippen molar-refractivity contribution in [2.75, 3.05) is 38.4 Å². The molecule has 2 aromatic carbocycles. The van der Waals surface area contributed by atoms with Crippen molar-refractivity contribution in [1.29, 1.82) is 0 Å². The largest absolute Gasteiger partial charge is 0.491 e. The number of aromatic nitrogens is 3. The van der Waals surface area contributed by atoms with Crippen LogP contribution < -0.4 is 19.5 Å². The van der Waals surface area contributed by atoms with Gasteiger partial charge in [0.05, 0.1) is 12.3 Å². The van der Waals surface area contributed by atoms with E-state index < -0.39 is 0 Å². The summed E-state index contributed by atoms with van der Waals surface area (Å²) in [5, 5.41) is 8.03. The van der Waals surface area contributed by atoms with Crippen molar-refractivity contribution in [1.82, 2.24) is 19.7 Å². The number of thiocarbonyl (C=S) groups is 1. The Morgan fingerprint density at radius 3 is 2.87 bits per heavy atom. The average Bonchev–Trinajstić information content (AvgIpc) is 3.50. The summed E-state index contributed by atoms with van der Waals surface area (Å²) >= 11 is 5.60. The fourth-order valence-corrected chi connectivity index (χ4v) is 3.69. The first-order valence-corrected chi connectivity index (χ1v) is 10.3. The lowest BCUT2D eigenvalue weighted by atomic mass is 10.2. The lowest BCUT2D eigenvalue weighted by Crippen LogP contribution is -2.49. The lowest BCUT2D eigenvalue weighted by molar-refractivity contribution is -0.0280. The van der Waals surface area contributed by atoms with Crippen LogP contribution in [0.2, 0.25) is 0 Å². The van der Waals surface area contributed by atoms with Crippen molar-refractivity contribution in [3.63, 3.8) is 0 Å². The molecule has 0 radical (unpaired) electrons. The molecule has 160 valence electrons. The second-order valence-electron chi connectivity index (χ2n) is 7.08. The number of hydrogen-bond acceptors (Lipinski definition) is 7. The molecule has 0 aliphatic carbocycles. The molecule has 0 saturated carbocycles. The van der Waals surface area contributed by atoms with Crippen molar-refractivity contribution >= 4 is 23.0 Å². The molecule has 0 bridgehead atoms. The van der Waals surface area contributed by atoms with E-state index in [-0.39, 0.29) is 12.9 Å². The number of ether oxygens (including phenoxy) is 4. The third-order valence-electron chi connectivity index (χ3n) is 5.01. The van der Waals surface area contributed by atoms with Gasteiger partial charge in [0.1, 0.15) is 31.1 Å². The molecule has 10 heteroatoms. The Labute approximate surface area is 184 Å². The molecule has 3 heterocycles. The summed E-state index contributed by atoms with van der Waals surface area (Å²) in [5.74, 6) is 2.23. The van der Waals surface area contributed by atoms with Gasteiger partial charge in [-0.2, -0.15) is 5.10 Å². The molecular weight excluding hydrogens is 418 g/mol. The molecule has 1 saturated heterocycles. The van der Waals surface area contributed by atoms with Gasteiger partial charge in [-0.25, -0.2) is 9.67 Å². The van der Waals surface area contributed by atoms with Gasteiger partial charge >= 0.3 is 0 Å². The van der Waals surface area contributed by atoms with Crippen LogP contribution in [0.3, 0.4) is 0 Å². The average molecular weight is 439 g/mol. The molecule has 5 rings (SSSR count). The first-order valence-electron chi connectivity index (χ1n) is 9.90. The molecule has 0 spiro atoms. The molecule has 1 atom stereocenters. The molecular formula is C21H21N5O4S. The summed E-state index contributed by atoms with van der Waals surface area (Å²) in [6, 6.07) is 13.4. The van der Waals surface area contributed by atoms with Gasteiger partial charge in [-0.15, -0.1) is 0 Å². The van der Waals surface area contributed by atoms with Crippen LogP contribution in [0.5, 0.6) is 17.2 Å². The molecule has 2 aliphatic rings. The van der Waals surface area contributed by atoms with Gasteiger partial charge in [0, 0.05) is 24.8 Å². The van der Waals surface area contributed by atoms with Gasteiger partial charge in [0.25, 0.3) is 0 Å². The highest BCUT2D eigenvalue weighted by atomic mass is 32.1. The molecule has 1 fully saturated rings. The number of hydrogen-bond donors (Lipinski definition) is 1. The smallest absolute Gasteiger partial charge is 0.231 e. The lowest BCUT2D eigenvalue weighted by Gasteiger charge is -2.34. The number of nitrogens with zero attached hydrogens (tertiary/aromatic N) is 4. The van der Waals surface area contributed by atoms with Crippen LogP contribution in [-0.4, -0.2) is 64.0 Å². The topological polar surface area (TPSA) is 82.9 Å². The van der Waals surface area contributed by atoms with Crippen LogP contribution in [-0.2, 0) is 4.74 Å². The van der Waals surface area contributed by atoms with Crippen LogP contribution in [0.25, 0.3) is 5.69 Å². The standard InChI is InChI=1S/C21H21N5O4S/c31-21(24-15-1-6-19-20(9-15)30-14-29-19)25-7-8-27-18(10-25)11-28-17-4-2-16(3-5-17)26-13-22-12-23-26/h1-6,9,12-13,18H,7-8,10-11,14H2,(H,24,31). The van der Waals surface area contributed by atoms with Gasteiger partial charge in [0.2, 0.25) is 6.79 Å². The number of anilines is 1. The maximum Gasteiger partial charge on any atom is 0.231 e.